The Labute approximate surface area is 102 Å². The zero-order valence-electron chi connectivity index (χ0n) is 9.29. The molecule has 0 aromatic carbocycles. The number of aliphatic carboxylic acids is 1. The van der Waals surface area contributed by atoms with Crippen LogP contribution in [0.25, 0.3) is 0 Å². The zero-order valence-corrected chi connectivity index (χ0v) is 10.1. The van der Waals surface area contributed by atoms with Gasteiger partial charge in [-0.05, 0) is 6.54 Å². The molecular formula is C10H14N2O4S. The number of hydrogen-bond donors (Lipinski definition) is 3. The van der Waals surface area contributed by atoms with Crippen LogP contribution < -0.4 is 5.73 Å². The molecule has 0 bridgehead atoms. The monoisotopic (exact) mass is 258 g/mol. The van der Waals surface area contributed by atoms with E-state index in [4.69, 9.17) is 15.9 Å². The highest BCUT2D eigenvalue weighted by atomic mass is 32.2. The SMILES string of the molecule is C[C@H](CN)C1=C(C(=O)O)N2C(=O)[C@H](CO)[C@H]2S1. The average molecular weight is 258 g/mol. The second-order valence-electron chi connectivity index (χ2n) is 4.16. The number of hydrogen-bond acceptors (Lipinski definition) is 5. The van der Waals surface area contributed by atoms with Gasteiger partial charge < -0.3 is 15.9 Å². The third-order valence-corrected chi connectivity index (χ3v) is 4.71. The number of carbonyl (C=O) groups is 2. The van der Waals surface area contributed by atoms with Crippen LogP contribution in [0.5, 0.6) is 0 Å². The van der Waals surface area contributed by atoms with Crippen molar-refractivity contribution in [3.05, 3.63) is 10.6 Å². The first-order valence-electron chi connectivity index (χ1n) is 5.31. The number of carboxylic acids is 1. The summed E-state index contributed by atoms with van der Waals surface area (Å²) in [6, 6.07) is 0. The van der Waals surface area contributed by atoms with Gasteiger partial charge in [0.2, 0.25) is 5.91 Å². The summed E-state index contributed by atoms with van der Waals surface area (Å²) in [5.74, 6) is -2.01. The maximum absolute atomic E-state index is 11.7. The maximum Gasteiger partial charge on any atom is 0.353 e. The van der Waals surface area contributed by atoms with Crippen molar-refractivity contribution >= 4 is 23.6 Å². The van der Waals surface area contributed by atoms with Gasteiger partial charge in [-0.3, -0.25) is 9.69 Å². The van der Waals surface area contributed by atoms with Gasteiger partial charge in [-0.2, -0.15) is 0 Å². The van der Waals surface area contributed by atoms with Crippen LogP contribution in [0.2, 0.25) is 0 Å². The topological polar surface area (TPSA) is 104 Å². The van der Waals surface area contributed by atoms with Crippen LogP contribution in [-0.4, -0.2) is 45.5 Å². The van der Waals surface area contributed by atoms with Crippen molar-refractivity contribution in [2.24, 2.45) is 17.6 Å². The first kappa shape index (κ1) is 12.4. The van der Waals surface area contributed by atoms with Crippen LogP contribution in [-0.2, 0) is 9.59 Å². The molecule has 0 aromatic rings. The fraction of sp³-hybridized carbons (Fsp3) is 0.600. The molecule has 94 valence electrons. The summed E-state index contributed by atoms with van der Waals surface area (Å²) >= 11 is 1.33. The van der Waals surface area contributed by atoms with Gasteiger partial charge in [-0.15, -0.1) is 11.8 Å². The molecule has 4 N–H and O–H groups in total. The Morgan fingerprint density at radius 3 is 2.76 bits per heavy atom. The quantitative estimate of drug-likeness (QED) is 0.582. The molecule has 0 unspecified atom stereocenters. The molecule has 1 amide bonds. The molecular weight excluding hydrogens is 244 g/mol. The Morgan fingerprint density at radius 2 is 2.29 bits per heavy atom. The van der Waals surface area contributed by atoms with E-state index in [-0.39, 0.29) is 29.5 Å². The van der Waals surface area contributed by atoms with Gasteiger partial charge in [0.25, 0.3) is 0 Å². The van der Waals surface area contributed by atoms with Crippen molar-refractivity contribution in [2.75, 3.05) is 13.2 Å². The molecule has 3 atom stereocenters. The van der Waals surface area contributed by atoms with E-state index in [0.29, 0.717) is 11.4 Å². The van der Waals surface area contributed by atoms with Crippen LogP contribution in [0.4, 0.5) is 0 Å². The Morgan fingerprint density at radius 1 is 1.65 bits per heavy atom. The first-order chi connectivity index (χ1) is 8.02. The lowest BCUT2D eigenvalue weighted by atomic mass is 9.97. The van der Waals surface area contributed by atoms with Crippen molar-refractivity contribution in [3.63, 3.8) is 0 Å². The number of thioether (sulfide) groups is 1. The summed E-state index contributed by atoms with van der Waals surface area (Å²) in [4.78, 5) is 24.8. The number of fused-ring (bicyclic) bond motifs is 1. The Balaban J connectivity index is 2.33. The van der Waals surface area contributed by atoms with E-state index in [1.165, 1.54) is 16.7 Å². The molecule has 17 heavy (non-hydrogen) atoms. The number of nitrogens with two attached hydrogens (primary N) is 1. The lowest BCUT2D eigenvalue weighted by Crippen LogP contribution is -2.58. The summed E-state index contributed by atoms with van der Waals surface area (Å²) in [5, 5.41) is 17.9. The van der Waals surface area contributed by atoms with Gasteiger partial charge in [-0.1, -0.05) is 6.92 Å². The fourth-order valence-electron chi connectivity index (χ4n) is 2.03. The third kappa shape index (κ3) is 1.65. The van der Waals surface area contributed by atoms with Crippen LogP contribution in [0.3, 0.4) is 0 Å². The van der Waals surface area contributed by atoms with Gasteiger partial charge in [0, 0.05) is 10.8 Å². The van der Waals surface area contributed by atoms with E-state index in [9.17, 15) is 9.59 Å². The van der Waals surface area contributed by atoms with Gasteiger partial charge >= 0.3 is 5.97 Å². The average Bonchev–Trinajstić information content (AvgIpc) is 2.64. The fourth-order valence-corrected chi connectivity index (χ4v) is 3.60. The Kier molecular flexibility index (Phi) is 3.15. The lowest BCUT2D eigenvalue weighted by Gasteiger charge is -2.41. The number of aliphatic hydroxyl groups is 1. The predicted molar refractivity (Wildman–Crippen MR) is 61.7 cm³/mol. The van der Waals surface area contributed by atoms with Crippen molar-refractivity contribution in [3.8, 4) is 0 Å². The number of carbonyl (C=O) groups excluding carboxylic acids is 1. The summed E-state index contributed by atoms with van der Waals surface area (Å²) in [5.41, 5.74) is 5.57. The number of aliphatic hydroxyl groups excluding tert-OH is 1. The summed E-state index contributed by atoms with van der Waals surface area (Å²) in [6.45, 7) is 1.91. The largest absolute Gasteiger partial charge is 0.477 e. The van der Waals surface area contributed by atoms with Crippen LogP contribution in [0.15, 0.2) is 10.6 Å². The molecule has 7 heteroatoms. The van der Waals surface area contributed by atoms with E-state index in [0.717, 1.165) is 0 Å². The molecule has 1 saturated heterocycles. The maximum atomic E-state index is 11.7. The number of nitrogens with zero attached hydrogens (tertiary/aromatic N) is 1. The highest BCUT2D eigenvalue weighted by Crippen LogP contribution is 2.51. The molecule has 0 spiro atoms. The van der Waals surface area contributed by atoms with Gasteiger partial charge in [0.1, 0.15) is 11.1 Å². The third-order valence-electron chi connectivity index (χ3n) is 3.08. The van der Waals surface area contributed by atoms with E-state index in [1.807, 2.05) is 6.92 Å². The normalized spacial score (nSPS) is 29.1. The minimum absolute atomic E-state index is 0.0349. The van der Waals surface area contributed by atoms with Crippen molar-refractivity contribution < 1.29 is 19.8 Å². The first-order valence-corrected chi connectivity index (χ1v) is 6.19. The number of amides is 1. The van der Waals surface area contributed by atoms with Crippen LogP contribution >= 0.6 is 11.8 Å². The number of rotatable bonds is 4. The molecule has 2 aliphatic rings. The van der Waals surface area contributed by atoms with Gasteiger partial charge in [-0.25, -0.2) is 4.79 Å². The van der Waals surface area contributed by atoms with Crippen molar-refractivity contribution in [1.82, 2.24) is 4.90 Å². The Hall–Kier alpha value is -1.05. The van der Waals surface area contributed by atoms with Gasteiger partial charge in [0.05, 0.1) is 12.5 Å². The molecule has 0 aliphatic carbocycles. The smallest absolute Gasteiger partial charge is 0.353 e. The molecule has 0 aromatic heterocycles. The van der Waals surface area contributed by atoms with Crippen molar-refractivity contribution in [2.45, 2.75) is 12.3 Å². The van der Waals surface area contributed by atoms with E-state index in [2.05, 4.69) is 0 Å². The van der Waals surface area contributed by atoms with Crippen LogP contribution in [0.1, 0.15) is 6.92 Å². The minimum atomic E-state index is -1.11. The minimum Gasteiger partial charge on any atom is -0.477 e. The zero-order chi connectivity index (χ0) is 12.7. The number of carboxylic acid groups (broad SMARTS) is 1. The molecule has 6 nitrogen and oxygen atoms in total. The molecule has 1 fully saturated rings. The second kappa shape index (κ2) is 4.32. The summed E-state index contributed by atoms with van der Waals surface area (Å²) in [6.07, 6.45) is 0. The highest BCUT2D eigenvalue weighted by molar-refractivity contribution is 8.04. The standard InChI is InChI=1S/C10H14N2O4S/c1-4(2-11)7-6(10(15)16)12-8(14)5(3-13)9(12)17-7/h4-5,9,13H,2-3,11H2,1H3,(H,15,16)/t4-,5+,9-/m1/s1. The Bertz CT molecular complexity index is 409. The lowest BCUT2D eigenvalue weighted by molar-refractivity contribution is -0.153. The molecule has 0 radical (unpaired) electrons. The van der Waals surface area contributed by atoms with Gasteiger partial charge in [0.15, 0.2) is 0 Å². The van der Waals surface area contributed by atoms with E-state index in [1.54, 1.807) is 0 Å². The van der Waals surface area contributed by atoms with E-state index < -0.39 is 11.9 Å². The summed E-state index contributed by atoms with van der Waals surface area (Å²) < 4.78 is 0. The molecule has 2 heterocycles. The summed E-state index contributed by atoms with van der Waals surface area (Å²) in [7, 11) is 0. The van der Waals surface area contributed by atoms with Crippen LogP contribution in [0, 0.1) is 11.8 Å². The molecule has 2 rings (SSSR count). The second-order valence-corrected chi connectivity index (χ2v) is 5.32. The number of β-lactam (4-membered cyclic amide) rings is 1. The van der Waals surface area contributed by atoms with E-state index >= 15 is 0 Å². The predicted octanol–water partition coefficient (Wildman–Crippen LogP) is -0.599. The van der Waals surface area contributed by atoms with Crippen molar-refractivity contribution in [1.29, 1.82) is 0 Å². The highest BCUT2D eigenvalue weighted by Gasteiger charge is 2.56. The molecule has 2 aliphatic heterocycles. The molecule has 0 saturated carbocycles.